The van der Waals surface area contributed by atoms with Crippen molar-refractivity contribution >= 4 is 33.5 Å². The van der Waals surface area contributed by atoms with Crippen LogP contribution in [-0.2, 0) is 14.3 Å². The minimum absolute atomic E-state index is 0.00725. The van der Waals surface area contributed by atoms with Gasteiger partial charge >= 0.3 is 5.97 Å². The summed E-state index contributed by atoms with van der Waals surface area (Å²) in [7, 11) is 0. The Hall–Kier alpha value is -2.41. The summed E-state index contributed by atoms with van der Waals surface area (Å²) in [6.07, 6.45) is -0.871. The number of rotatable bonds is 6. The first kappa shape index (κ1) is 17.9. The number of hydrogen-bond acceptors (Lipinski definition) is 4. The summed E-state index contributed by atoms with van der Waals surface area (Å²) in [6, 6.07) is 13.0. The van der Waals surface area contributed by atoms with Crippen LogP contribution in [0.3, 0.4) is 0 Å². The average molecular weight is 396 g/mol. The fraction of sp³-hybridized carbons (Fsp3) is 0.176. The van der Waals surface area contributed by atoms with Crippen LogP contribution in [0, 0.1) is 5.82 Å². The van der Waals surface area contributed by atoms with Gasteiger partial charge in [0.1, 0.15) is 11.6 Å². The molecule has 126 valence electrons. The molecule has 2 aromatic rings. The molecule has 0 radical (unpaired) electrons. The number of benzene rings is 2. The molecule has 0 aliphatic heterocycles. The molecule has 0 unspecified atom stereocenters. The van der Waals surface area contributed by atoms with Crippen molar-refractivity contribution in [3.8, 4) is 5.75 Å². The molecule has 0 spiro atoms. The Morgan fingerprint density at radius 2 is 1.92 bits per heavy atom. The molecule has 1 amide bonds. The van der Waals surface area contributed by atoms with Crippen molar-refractivity contribution in [2.75, 3.05) is 11.9 Å². The van der Waals surface area contributed by atoms with Crippen molar-refractivity contribution < 1.29 is 23.5 Å². The van der Waals surface area contributed by atoms with E-state index in [1.807, 2.05) is 6.07 Å². The van der Waals surface area contributed by atoms with Gasteiger partial charge in [0.15, 0.2) is 12.7 Å². The minimum Gasteiger partial charge on any atom is -0.479 e. The van der Waals surface area contributed by atoms with Crippen molar-refractivity contribution in [2.45, 2.75) is 13.0 Å². The Kier molecular flexibility index (Phi) is 6.31. The predicted octanol–water partition coefficient (Wildman–Crippen LogP) is 3.54. The van der Waals surface area contributed by atoms with Crippen LogP contribution in [0.25, 0.3) is 0 Å². The maximum atomic E-state index is 13.6. The van der Waals surface area contributed by atoms with Crippen LogP contribution < -0.4 is 10.1 Å². The molecule has 5 nitrogen and oxygen atoms in total. The Balaban J connectivity index is 1.81. The molecule has 0 saturated heterocycles. The van der Waals surface area contributed by atoms with Gasteiger partial charge in [-0.15, -0.1) is 0 Å². The van der Waals surface area contributed by atoms with Gasteiger partial charge in [-0.2, -0.15) is 0 Å². The standard InChI is InChI=1S/C17H15BrFNO4/c1-11(24-13-5-3-2-4-6-13)17(22)23-10-16(21)20-15-8-7-12(18)9-14(15)19/h2-9,11H,10H2,1H3,(H,20,21)/t11-/m1/s1. The zero-order valence-corrected chi connectivity index (χ0v) is 14.4. The van der Waals surface area contributed by atoms with Crippen LogP contribution in [0.2, 0.25) is 0 Å². The van der Waals surface area contributed by atoms with E-state index in [1.54, 1.807) is 30.3 Å². The lowest BCUT2D eigenvalue weighted by molar-refractivity contribution is -0.153. The van der Waals surface area contributed by atoms with E-state index in [2.05, 4.69) is 21.2 Å². The Labute approximate surface area is 146 Å². The van der Waals surface area contributed by atoms with E-state index >= 15 is 0 Å². The molecule has 0 aliphatic carbocycles. The number of hydrogen-bond donors (Lipinski definition) is 1. The van der Waals surface area contributed by atoms with Gasteiger partial charge in [0.2, 0.25) is 0 Å². The zero-order valence-electron chi connectivity index (χ0n) is 12.8. The number of nitrogens with one attached hydrogen (secondary N) is 1. The molecule has 2 rings (SSSR count). The van der Waals surface area contributed by atoms with E-state index in [4.69, 9.17) is 9.47 Å². The van der Waals surface area contributed by atoms with Crippen molar-refractivity contribution in [3.63, 3.8) is 0 Å². The highest BCUT2D eigenvalue weighted by atomic mass is 79.9. The molecular formula is C17H15BrFNO4. The van der Waals surface area contributed by atoms with Gasteiger partial charge in [0, 0.05) is 4.47 Å². The monoisotopic (exact) mass is 395 g/mol. The van der Waals surface area contributed by atoms with Gasteiger partial charge in [-0.05, 0) is 37.3 Å². The molecule has 0 saturated carbocycles. The Bertz CT molecular complexity index is 724. The second-order valence-electron chi connectivity index (χ2n) is 4.85. The molecule has 2 aromatic carbocycles. The quantitative estimate of drug-likeness (QED) is 0.759. The maximum absolute atomic E-state index is 13.6. The number of para-hydroxylation sites is 1. The number of carbonyl (C=O) groups excluding carboxylic acids is 2. The van der Waals surface area contributed by atoms with Gasteiger partial charge < -0.3 is 14.8 Å². The minimum atomic E-state index is -0.871. The summed E-state index contributed by atoms with van der Waals surface area (Å²) in [4.78, 5) is 23.5. The van der Waals surface area contributed by atoms with Crippen molar-refractivity contribution in [2.24, 2.45) is 0 Å². The van der Waals surface area contributed by atoms with E-state index in [0.29, 0.717) is 10.2 Å². The second kappa shape index (κ2) is 8.44. The van der Waals surface area contributed by atoms with Crippen LogP contribution in [0.4, 0.5) is 10.1 Å². The van der Waals surface area contributed by atoms with Gasteiger partial charge in [-0.3, -0.25) is 4.79 Å². The van der Waals surface area contributed by atoms with Crippen LogP contribution >= 0.6 is 15.9 Å². The summed E-state index contributed by atoms with van der Waals surface area (Å²) < 4.78 is 24.4. The highest BCUT2D eigenvalue weighted by Crippen LogP contribution is 2.19. The topological polar surface area (TPSA) is 64.6 Å². The second-order valence-corrected chi connectivity index (χ2v) is 5.77. The third kappa shape index (κ3) is 5.34. The van der Waals surface area contributed by atoms with Gasteiger partial charge in [0.25, 0.3) is 5.91 Å². The molecule has 0 fully saturated rings. The van der Waals surface area contributed by atoms with Crippen LogP contribution in [0.5, 0.6) is 5.75 Å². The van der Waals surface area contributed by atoms with Crippen molar-refractivity contribution in [1.82, 2.24) is 0 Å². The molecular weight excluding hydrogens is 381 g/mol. The van der Waals surface area contributed by atoms with Crippen molar-refractivity contribution in [3.05, 3.63) is 58.8 Å². The van der Waals surface area contributed by atoms with Crippen LogP contribution in [0.1, 0.15) is 6.92 Å². The lowest BCUT2D eigenvalue weighted by atomic mass is 10.3. The van der Waals surface area contributed by atoms with E-state index < -0.39 is 30.4 Å². The number of carbonyl (C=O) groups is 2. The number of amides is 1. The summed E-state index contributed by atoms with van der Waals surface area (Å²) in [5, 5.41) is 2.33. The smallest absolute Gasteiger partial charge is 0.347 e. The lowest BCUT2D eigenvalue weighted by Gasteiger charge is -2.14. The van der Waals surface area contributed by atoms with Crippen LogP contribution in [-0.4, -0.2) is 24.6 Å². The summed E-state index contributed by atoms with van der Waals surface area (Å²) >= 11 is 3.12. The first-order valence-electron chi connectivity index (χ1n) is 7.09. The fourth-order valence-electron chi connectivity index (χ4n) is 1.78. The van der Waals surface area contributed by atoms with E-state index in [0.717, 1.165) is 0 Å². The SMILES string of the molecule is C[C@@H](Oc1ccccc1)C(=O)OCC(=O)Nc1ccc(Br)cc1F. The molecule has 0 aromatic heterocycles. The molecule has 7 heteroatoms. The largest absolute Gasteiger partial charge is 0.479 e. The highest BCUT2D eigenvalue weighted by molar-refractivity contribution is 9.10. The fourth-order valence-corrected chi connectivity index (χ4v) is 2.12. The van der Waals surface area contributed by atoms with Crippen LogP contribution in [0.15, 0.2) is 53.0 Å². The number of anilines is 1. The first-order chi connectivity index (χ1) is 11.5. The Morgan fingerprint density at radius 1 is 1.21 bits per heavy atom. The summed E-state index contributed by atoms with van der Waals surface area (Å²) in [6.45, 7) is 0.985. The first-order valence-corrected chi connectivity index (χ1v) is 7.88. The van der Waals surface area contributed by atoms with Gasteiger partial charge in [-0.1, -0.05) is 34.1 Å². The Morgan fingerprint density at radius 3 is 2.58 bits per heavy atom. The van der Waals surface area contributed by atoms with E-state index in [-0.39, 0.29) is 5.69 Å². The molecule has 0 aliphatic rings. The summed E-state index contributed by atoms with van der Waals surface area (Å²) in [5.74, 6) is -1.41. The third-order valence-corrected chi connectivity index (χ3v) is 3.43. The van der Waals surface area contributed by atoms with E-state index in [1.165, 1.54) is 19.1 Å². The highest BCUT2D eigenvalue weighted by Gasteiger charge is 2.18. The normalized spacial score (nSPS) is 11.5. The zero-order chi connectivity index (χ0) is 17.5. The maximum Gasteiger partial charge on any atom is 0.347 e. The molecule has 1 atom stereocenters. The third-order valence-electron chi connectivity index (χ3n) is 2.94. The number of ether oxygens (including phenoxy) is 2. The molecule has 1 N–H and O–H groups in total. The van der Waals surface area contributed by atoms with Gasteiger partial charge in [-0.25, -0.2) is 9.18 Å². The van der Waals surface area contributed by atoms with Gasteiger partial charge in [0.05, 0.1) is 5.69 Å². The molecule has 24 heavy (non-hydrogen) atoms. The van der Waals surface area contributed by atoms with Crippen molar-refractivity contribution in [1.29, 1.82) is 0 Å². The number of halogens is 2. The molecule has 0 bridgehead atoms. The lowest BCUT2D eigenvalue weighted by Crippen LogP contribution is -2.29. The van der Waals surface area contributed by atoms with E-state index in [9.17, 15) is 14.0 Å². The average Bonchev–Trinajstić information content (AvgIpc) is 2.56. The predicted molar refractivity (Wildman–Crippen MR) is 90.2 cm³/mol. The number of esters is 1. The summed E-state index contributed by atoms with van der Waals surface area (Å²) in [5.41, 5.74) is 0.00725. The molecule has 0 heterocycles.